The number of rotatable bonds is 6. The third kappa shape index (κ3) is 3.81. The smallest absolute Gasteiger partial charge is 0.421 e. The summed E-state index contributed by atoms with van der Waals surface area (Å²) in [5.74, 6) is -2.11. The first-order valence-electron chi connectivity index (χ1n) is 6.10. The third-order valence-corrected chi connectivity index (χ3v) is 4.42. The number of nitrogens with zero attached hydrogens (tertiary/aromatic N) is 1. The molecule has 116 valence electrons. The van der Waals surface area contributed by atoms with Crippen LogP contribution in [0, 0.1) is 5.92 Å². The number of carbonyl (C=O) groups is 2. The van der Waals surface area contributed by atoms with Crippen LogP contribution in [0.25, 0.3) is 0 Å². The Balaban J connectivity index is 2.88. The number of amides is 1. The van der Waals surface area contributed by atoms with Gasteiger partial charge in [0.15, 0.2) is 0 Å². The van der Waals surface area contributed by atoms with Crippen LogP contribution in [0.5, 0.6) is 0 Å². The van der Waals surface area contributed by atoms with E-state index in [0.717, 1.165) is 4.31 Å². The maximum Gasteiger partial charge on any atom is 0.421 e. The Morgan fingerprint density at radius 3 is 2.55 bits per heavy atom. The van der Waals surface area contributed by atoms with Crippen molar-refractivity contribution in [2.45, 2.75) is 19.9 Å². The Hall–Kier alpha value is -1.39. The van der Waals surface area contributed by atoms with Crippen molar-refractivity contribution in [3.8, 4) is 0 Å². The molecule has 1 aliphatic rings. The molecular formula is C10H18N2O7S. The molecule has 1 fully saturated rings. The first kappa shape index (κ1) is 16.7. The van der Waals surface area contributed by atoms with Crippen LogP contribution in [0.2, 0.25) is 0 Å². The highest BCUT2D eigenvalue weighted by atomic mass is 32.2. The fourth-order valence-corrected chi connectivity index (χ4v) is 3.26. The van der Waals surface area contributed by atoms with E-state index in [1.807, 2.05) is 0 Å². The standard InChI is InChI=1S/C10H18N2O7S/c1-3-12(8-6-18-5-7(8)9(13)14)20(16,17)11-10(15)19-4-2/h7-8H,3-6H2,1-2H3,(H,11,15)(H,13,14). The van der Waals surface area contributed by atoms with Crippen LogP contribution in [-0.4, -0.2) is 62.3 Å². The molecule has 0 radical (unpaired) electrons. The van der Waals surface area contributed by atoms with Crippen molar-refractivity contribution in [1.29, 1.82) is 0 Å². The molecule has 1 saturated heterocycles. The minimum Gasteiger partial charge on any atom is -0.481 e. The molecule has 2 N–H and O–H groups in total. The van der Waals surface area contributed by atoms with Crippen LogP contribution in [0.4, 0.5) is 4.79 Å². The average molecular weight is 310 g/mol. The molecule has 9 nitrogen and oxygen atoms in total. The fraction of sp³-hybridized carbons (Fsp3) is 0.800. The first-order chi connectivity index (χ1) is 9.33. The largest absolute Gasteiger partial charge is 0.481 e. The molecule has 0 aromatic rings. The number of carbonyl (C=O) groups excluding carboxylic acids is 1. The van der Waals surface area contributed by atoms with Crippen molar-refractivity contribution < 1.29 is 32.6 Å². The van der Waals surface area contributed by atoms with Gasteiger partial charge in [-0.1, -0.05) is 6.92 Å². The molecule has 10 heteroatoms. The van der Waals surface area contributed by atoms with Gasteiger partial charge in [0.25, 0.3) is 0 Å². The number of hydrogen-bond donors (Lipinski definition) is 2. The van der Waals surface area contributed by atoms with Gasteiger partial charge in [0.1, 0.15) is 0 Å². The third-order valence-electron chi connectivity index (χ3n) is 2.85. The zero-order valence-corrected chi connectivity index (χ0v) is 12.1. The highest BCUT2D eigenvalue weighted by Gasteiger charge is 2.42. The quantitative estimate of drug-likeness (QED) is 0.671. The maximum absolute atomic E-state index is 12.1. The second-order valence-electron chi connectivity index (χ2n) is 4.08. The summed E-state index contributed by atoms with van der Waals surface area (Å²) in [6.45, 7) is 3.01. The molecule has 0 aromatic heterocycles. The SMILES string of the molecule is CCOC(=O)NS(=O)(=O)N(CC)C1COCC1C(=O)O. The number of hydrogen-bond acceptors (Lipinski definition) is 6. The van der Waals surface area contributed by atoms with E-state index in [0.29, 0.717) is 0 Å². The summed E-state index contributed by atoms with van der Waals surface area (Å²) in [6.07, 6.45) is -1.10. The minimum atomic E-state index is -4.18. The molecule has 0 bridgehead atoms. The first-order valence-corrected chi connectivity index (χ1v) is 7.54. The summed E-state index contributed by atoms with van der Waals surface area (Å²) in [4.78, 5) is 22.3. The topological polar surface area (TPSA) is 122 Å². The van der Waals surface area contributed by atoms with E-state index in [-0.39, 0.29) is 26.4 Å². The second kappa shape index (κ2) is 6.86. The van der Waals surface area contributed by atoms with E-state index >= 15 is 0 Å². The second-order valence-corrected chi connectivity index (χ2v) is 5.70. The van der Waals surface area contributed by atoms with Crippen molar-refractivity contribution in [3.63, 3.8) is 0 Å². The molecule has 20 heavy (non-hydrogen) atoms. The van der Waals surface area contributed by atoms with E-state index in [4.69, 9.17) is 9.84 Å². The van der Waals surface area contributed by atoms with Gasteiger partial charge in [-0.3, -0.25) is 4.79 Å². The van der Waals surface area contributed by atoms with Gasteiger partial charge in [-0.25, -0.2) is 9.52 Å². The van der Waals surface area contributed by atoms with E-state index < -0.39 is 34.2 Å². The van der Waals surface area contributed by atoms with Gasteiger partial charge in [0, 0.05) is 6.54 Å². The molecule has 0 spiro atoms. The van der Waals surface area contributed by atoms with Gasteiger partial charge in [-0.2, -0.15) is 12.7 Å². The molecule has 1 aliphatic heterocycles. The Labute approximate surface area is 117 Å². The molecule has 0 saturated carbocycles. The number of carboxylic acids is 1. The number of ether oxygens (including phenoxy) is 2. The summed E-state index contributed by atoms with van der Waals surface area (Å²) in [5.41, 5.74) is 0. The van der Waals surface area contributed by atoms with Gasteiger partial charge < -0.3 is 14.6 Å². The van der Waals surface area contributed by atoms with Crippen molar-refractivity contribution in [1.82, 2.24) is 9.03 Å². The van der Waals surface area contributed by atoms with E-state index in [9.17, 15) is 18.0 Å². The summed E-state index contributed by atoms with van der Waals surface area (Å²) >= 11 is 0. The molecule has 0 aliphatic carbocycles. The van der Waals surface area contributed by atoms with E-state index in [1.165, 1.54) is 6.92 Å². The molecule has 1 heterocycles. The molecule has 0 aromatic carbocycles. The number of likely N-dealkylation sites (N-methyl/N-ethyl adjacent to an activating group) is 1. The van der Waals surface area contributed by atoms with Crippen molar-refractivity contribution in [3.05, 3.63) is 0 Å². The molecule has 2 unspecified atom stereocenters. The molecule has 1 rings (SSSR count). The van der Waals surface area contributed by atoms with Crippen LogP contribution >= 0.6 is 0 Å². The highest BCUT2D eigenvalue weighted by molar-refractivity contribution is 7.87. The van der Waals surface area contributed by atoms with Crippen molar-refractivity contribution in [2.24, 2.45) is 5.92 Å². The highest BCUT2D eigenvalue weighted by Crippen LogP contribution is 2.22. The van der Waals surface area contributed by atoms with Gasteiger partial charge in [-0.15, -0.1) is 0 Å². The zero-order chi connectivity index (χ0) is 15.3. The average Bonchev–Trinajstić information content (AvgIpc) is 2.77. The fourth-order valence-electron chi connectivity index (χ4n) is 1.97. The predicted octanol–water partition coefficient (Wildman–Crippen LogP) is -0.601. The Morgan fingerprint density at radius 2 is 2.05 bits per heavy atom. The minimum absolute atomic E-state index is 0.00649. The van der Waals surface area contributed by atoms with Gasteiger partial charge in [0.2, 0.25) is 0 Å². The van der Waals surface area contributed by atoms with Crippen LogP contribution in [0.15, 0.2) is 0 Å². The predicted molar refractivity (Wildman–Crippen MR) is 67.2 cm³/mol. The monoisotopic (exact) mass is 310 g/mol. The Morgan fingerprint density at radius 1 is 1.40 bits per heavy atom. The van der Waals surface area contributed by atoms with Crippen LogP contribution in [0.3, 0.4) is 0 Å². The Kier molecular flexibility index (Phi) is 5.72. The lowest BCUT2D eigenvalue weighted by Crippen LogP contribution is -2.52. The van der Waals surface area contributed by atoms with E-state index in [2.05, 4.69) is 4.74 Å². The Bertz CT molecular complexity index is 464. The summed E-state index contributed by atoms with van der Waals surface area (Å²) in [5, 5.41) is 9.05. The summed E-state index contributed by atoms with van der Waals surface area (Å²) in [7, 11) is -4.18. The maximum atomic E-state index is 12.1. The van der Waals surface area contributed by atoms with Gasteiger partial charge >= 0.3 is 22.3 Å². The van der Waals surface area contributed by atoms with Crippen LogP contribution in [0.1, 0.15) is 13.8 Å². The van der Waals surface area contributed by atoms with Crippen molar-refractivity contribution >= 4 is 22.3 Å². The number of aliphatic carboxylic acids is 1. The normalized spacial score (nSPS) is 22.8. The van der Waals surface area contributed by atoms with Crippen LogP contribution < -0.4 is 4.72 Å². The van der Waals surface area contributed by atoms with E-state index in [1.54, 1.807) is 11.6 Å². The number of carboxylic acid groups (broad SMARTS) is 1. The lowest BCUT2D eigenvalue weighted by molar-refractivity contribution is -0.142. The molecular weight excluding hydrogens is 292 g/mol. The summed E-state index contributed by atoms with van der Waals surface area (Å²) in [6, 6.07) is -0.857. The lowest BCUT2D eigenvalue weighted by atomic mass is 10.0. The van der Waals surface area contributed by atoms with Crippen LogP contribution in [-0.2, 0) is 24.5 Å². The summed E-state index contributed by atoms with van der Waals surface area (Å²) < 4.78 is 36.3. The van der Waals surface area contributed by atoms with Gasteiger partial charge in [0.05, 0.1) is 31.8 Å². The molecule has 1 amide bonds. The molecule has 2 atom stereocenters. The lowest BCUT2D eigenvalue weighted by Gasteiger charge is -2.27. The zero-order valence-electron chi connectivity index (χ0n) is 11.2. The number of nitrogens with one attached hydrogen (secondary N) is 1. The van der Waals surface area contributed by atoms with Gasteiger partial charge in [-0.05, 0) is 6.92 Å². The van der Waals surface area contributed by atoms with Crippen molar-refractivity contribution in [2.75, 3.05) is 26.4 Å².